The van der Waals surface area contributed by atoms with Crippen LogP contribution in [-0.2, 0) is 14.2 Å². The minimum absolute atomic E-state index is 0.0995. The van der Waals surface area contributed by atoms with Crippen molar-refractivity contribution in [1.29, 1.82) is 0 Å². The lowest BCUT2D eigenvalue weighted by molar-refractivity contribution is -0.128. The van der Waals surface area contributed by atoms with Gasteiger partial charge in [-0.2, -0.15) is 4.98 Å². The molecule has 0 aromatic carbocycles. The number of nitrogens with zero attached hydrogens (tertiary/aromatic N) is 3. The number of fused-ring (bicyclic) bond motifs is 2. The highest BCUT2D eigenvalue weighted by Crippen LogP contribution is 2.22. The zero-order valence-electron chi connectivity index (χ0n) is 16.8. The van der Waals surface area contributed by atoms with E-state index < -0.39 is 6.29 Å². The average molecular weight is 413 g/mol. The van der Waals surface area contributed by atoms with Gasteiger partial charge in [-0.1, -0.05) is 11.6 Å². The van der Waals surface area contributed by atoms with Crippen LogP contribution in [0.4, 0.5) is 11.8 Å². The Balaban J connectivity index is 2.28. The van der Waals surface area contributed by atoms with E-state index in [1.54, 1.807) is 0 Å². The number of ether oxygens (including phenoxy) is 3. The van der Waals surface area contributed by atoms with E-state index in [9.17, 15) is 0 Å². The van der Waals surface area contributed by atoms with E-state index in [1.807, 2.05) is 27.7 Å². The number of hydrogen-bond acceptors (Lipinski definition) is 9. The summed E-state index contributed by atoms with van der Waals surface area (Å²) >= 11 is 6.19. The molecule has 10 heteroatoms. The number of allylic oxidation sites excluding steroid dienone is 1. The summed E-state index contributed by atoms with van der Waals surface area (Å²) in [5.74, 6) is 1.11. The second kappa shape index (κ2) is 11.0. The maximum Gasteiger partial charge on any atom is 0.229 e. The number of anilines is 2. The Morgan fingerprint density at radius 1 is 1.43 bits per heavy atom. The monoisotopic (exact) mass is 412 g/mol. The molecule has 0 saturated carbocycles. The minimum atomic E-state index is -0.418. The molecule has 0 spiro atoms. The molecule has 1 aliphatic rings. The molecule has 4 N–H and O–H groups in total. The molecular weight excluding hydrogens is 384 g/mol. The summed E-state index contributed by atoms with van der Waals surface area (Å²) in [6.45, 7) is 9.50. The predicted molar refractivity (Wildman–Crippen MR) is 111 cm³/mol. The van der Waals surface area contributed by atoms with Crippen LogP contribution in [0.5, 0.6) is 0 Å². The summed E-state index contributed by atoms with van der Waals surface area (Å²) in [5.41, 5.74) is 7.30. The lowest BCUT2D eigenvalue weighted by atomic mass is 10.2. The van der Waals surface area contributed by atoms with Gasteiger partial charge in [-0.25, -0.2) is 4.98 Å². The molecule has 1 aromatic rings. The van der Waals surface area contributed by atoms with Crippen LogP contribution in [0.25, 0.3) is 0 Å². The molecule has 2 bridgehead atoms. The molecule has 28 heavy (non-hydrogen) atoms. The Morgan fingerprint density at radius 2 is 2.14 bits per heavy atom. The number of aliphatic imine (C=N–C) groups is 1. The van der Waals surface area contributed by atoms with Crippen LogP contribution < -0.4 is 16.4 Å². The number of hydrogen-bond donors (Lipinski definition) is 3. The van der Waals surface area contributed by atoms with E-state index in [0.717, 1.165) is 6.42 Å². The zero-order chi connectivity index (χ0) is 20.5. The largest absolute Gasteiger partial charge is 0.478 e. The summed E-state index contributed by atoms with van der Waals surface area (Å²) in [7, 11) is 0. The van der Waals surface area contributed by atoms with Crippen molar-refractivity contribution in [1.82, 2.24) is 9.97 Å². The number of nitrogens with one attached hydrogen (secondary N) is 2. The SMILES string of the molecule is CCOC(CN=C(C)C1=C(N)OCCC(C)Nc2nc(ncc2Cl)N1)OCC. The fraction of sp³-hybridized carbons (Fsp3) is 0.611. The number of halogens is 1. The fourth-order valence-electron chi connectivity index (χ4n) is 2.51. The molecule has 156 valence electrons. The Hall–Kier alpha value is -2.10. The maximum atomic E-state index is 6.19. The van der Waals surface area contributed by atoms with Crippen molar-refractivity contribution in [3.8, 4) is 0 Å². The van der Waals surface area contributed by atoms with Gasteiger partial charge in [0, 0.05) is 25.7 Å². The van der Waals surface area contributed by atoms with Gasteiger partial charge in [-0.15, -0.1) is 0 Å². The molecule has 1 unspecified atom stereocenters. The van der Waals surface area contributed by atoms with E-state index in [2.05, 4.69) is 25.6 Å². The van der Waals surface area contributed by atoms with Crippen LogP contribution in [0.1, 0.15) is 34.1 Å². The summed E-state index contributed by atoms with van der Waals surface area (Å²) in [4.78, 5) is 13.2. The fourth-order valence-corrected chi connectivity index (χ4v) is 2.66. The van der Waals surface area contributed by atoms with Crippen LogP contribution in [0, 0.1) is 0 Å². The molecule has 1 aliphatic heterocycles. The van der Waals surface area contributed by atoms with E-state index in [0.29, 0.717) is 54.6 Å². The van der Waals surface area contributed by atoms with E-state index in [4.69, 9.17) is 31.5 Å². The lowest BCUT2D eigenvalue weighted by Gasteiger charge is -2.17. The molecule has 0 saturated heterocycles. The van der Waals surface area contributed by atoms with Crippen molar-refractivity contribution >= 4 is 29.1 Å². The molecule has 0 fully saturated rings. The van der Waals surface area contributed by atoms with Crippen molar-refractivity contribution in [3.63, 3.8) is 0 Å². The number of aromatic nitrogens is 2. The van der Waals surface area contributed by atoms with Crippen LogP contribution >= 0.6 is 11.6 Å². The first-order chi connectivity index (χ1) is 13.4. The van der Waals surface area contributed by atoms with Crippen molar-refractivity contribution in [2.45, 2.75) is 46.4 Å². The second-order valence-electron chi connectivity index (χ2n) is 6.20. The van der Waals surface area contributed by atoms with Crippen molar-refractivity contribution in [2.24, 2.45) is 10.7 Å². The molecule has 1 atom stereocenters. The van der Waals surface area contributed by atoms with E-state index >= 15 is 0 Å². The zero-order valence-corrected chi connectivity index (χ0v) is 17.5. The summed E-state index contributed by atoms with van der Waals surface area (Å²) < 4.78 is 16.8. The average Bonchev–Trinajstić information content (AvgIpc) is 2.68. The third-order valence-corrected chi connectivity index (χ3v) is 4.24. The Morgan fingerprint density at radius 3 is 2.82 bits per heavy atom. The molecule has 9 nitrogen and oxygen atoms in total. The van der Waals surface area contributed by atoms with Crippen LogP contribution in [0.3, 0.4) is 0 Å². The van der Waals surface area contributed by atoms with Gasteiger partial charge in [0.25, 0.3) is 0 Å². The molecule has 1 aromatic heterocycles. The van der Waals surface area contributed by atoms with Crippen LogP contribution in [0.2, 0.25) is 5.02 Å². The van der Waals surface area contributed by atoms with Gasteiger partial charge >= 0.3 is 0 Å². The third-order valence-electron chi connectivity index (χ3n) is 3.96. The first-order valence-electron chi connectivity index (χ1n) is 9.37. The minimum Gasteiger partial charge on any atom is -0.478 e. The first kappa shape index (κ1) is 22.2. The topological polar surface area (TPSA) is 116 Å². The summed E-state index contributed by atoms with van der Waals surface area (Å²) in [6, 6.07) is 0.0995. The number of nitrogens with two attached hydrogens (primary N) is 1. The highest BCUT2D eigenvalue weighted by molar-refractivity contribution is 6.32. The quantitative estimate of drug-likeness (QED) is 0.462. The van der Waals surface area contributed by atoms with E-state index in [1.165, 1.54) is 6.20 Å². The van der Waals surface area contributed by atoms with Crippen molar-refractivity contribution in [2.75, 3.05) is 37.0 Å². The molecule has 2 heterocycles. The number of rotatable bonds is 7. The van der Waals surface area contributed by atoms with Crippen molar-refractivity contribution in [3.05, 3.63) is 22.8 Å². The Labute approximate surface area is 170 Å². The Kier molecular flexibility index (Phi) is 8.75. The standard InChI is InChI=1S/C18H29ClN6O3/c1-5-26-14(27-6-2)10-21-12(4)15-16(20)28-8-7-11(3)23-17-13(19)9-22-18(24-15)25-17/h9,11,14H,5-8,10,20H2,1-4H3,(H2,22,23,24,25). The molecule has 2 rings (SSSR count). The highest BCUT2D eigenvalue weighted by Gasteiger charge is 2.17. The van der Waals surface area contributed by atoms with Gasteiger partial charge < -0.3 is 30.6 Å². The van der Waals surface area contributed by atoms with Gasteiger partial charge in [-0.3, -0.25) is 4.99 Å². The second-order valence-corrected chi connectivity index (χ2v) is 6.61. The lowest BCUT2D eigenvalue weighted by Crippen LogP contribution is -2.24. The normalized spacial score (nSPS) is 18.2. The summed E-state index contributed by atoms with van der Waals surface area (Å²) in [5, 5.41) is 6.78. The predicted octanol–water partition coefficient (Wildman–Crippen LogP) is 2.75. The van der Waals surface area contributed by atoms with E-state index in [-0.39, 0.29) is 11.9 Å². The van der Waals surface area contributed by atoms with Gasteiger partial charge in [0.05, 0.1) is 25.1 Å². The van der Waals surface area contributed by atoms with Gasteiger partial charge in [0.1, 0.15) is 10.7 Å². The van der Waals surface area contributed by atoms with Crippen LogP contribution in [0.15, 0.2) is 22.8 Å². The van der Waals surface area contributed by atoms with Crippen LogP contribution in [-0.4, -0.2) is 54.4 Å². The third kappa shape index (κ3) is 6.50. The molecule has 0 amide bonds. The Bertz CT molecular complexity index is 707. The maximum absolute atomic E-state index is 6.19. The van der Waals surface area contributed by atoms with Crippen molar-refractivity contribution < 1.29 is 14.2 Å². The molecule has 0 radical (unpaired) electrons. The van der Waals surface area contributed by atoms with Gasteiger partial charge in [0.15, 0.2) is 12.1 Å². The highest BCUT2D eigenvalue weighted by atomic mass is 35.5. The summed E-state index contributed by atoms with van der Waals surface area (Å²) in [6.07, 6.45) is 1.83. The van der Waals surface area contributed by atoms with Gasteiger partial charge in [-0.05, 0) is 27.7 Å². The molecule has 0 aliphatic carbocycles. The van der Waals surface area contributed by atoms with Gasteiger partial charge in [0.2, 0.25) is 11.8 Å². The molecular formula is C18H29ClN6O3. The smallest absolute Gasteiger partial charge is 0.229 e. The first-order valence-corrected chi connectivity index (χ1v) is 9.75.